The predicted octanol–water partition coefficient (Wildman–Crippen LogP) is 5.88. The standard InChI is InChI=1S/C36H31F5N6O4/c1-18-43-31-26(45(18)3)13-23(36(39,40)41)29-21-8-5-7-20-22(14-47(32(20)21)15-28(49)46(4)33(29)31)34(50)19-11-24(37)30(25(38)12-19)44-27(48)9-6-10-42-35(2)16-51-17-35/h5-9,11-14,42H,10,15-17H2,1-4H3,(H,44,48)/b9-6+. The molecule has 3 aromatic carbocycles. The molecule has 1 saturated heterocycles. The Kier molecular flexibility index (Phi) is 8.10. The Morgan fingerprint density at radius 2 is 1.80 bits per heavy atom. The number of amides is 2. The fourth-order valence-corrected chi connectivity index (χ4v) is 6.61. The maximum Gasteiger partial charge on any atom is 0.417 e. The molecule has 2 aliphatic heterocycles. The number of ketones is 1. The lowest BCUT2D eigenvalue weighted by atomic mass is 9.92. The number of nitrogens with one attached hydrogen (secondary N) is 2. The zero-order chi connectivity index (χ0) is 36.6. The molecule has 5 aromatic rings. The lowest BCUT2D eigenvalue weighted by Crippen LogP contribution is -2.58. The molecule has 15 heteroatoms. The number of ether oxygens (including phenoxy) is 1. The van der Waals surface area contributed by atoms with Crippen molar-refractivity contribution >= 4 is 50.9 Å². The molecule has 0 saturated carbocycles. The first-order chi connectivity index (χ1) is 24.1. The van der Waals surface area contributed by atoms with Gasteiger partial charge in [-0.3, -0.25) is 14.4 Å². The van der Waals surface area contributed by atoms with Crippen LogP contribution in [0, 0.1) is 18.6 Å². The number of benzene rings is 3. The van der Waals surface area contributed by atoms with Crippen molar-refractivity contribution in [3.63, 3.8) is 0 Å². The van der Waals surface area contributed by atoms with Crippen LogP contribution in [0.3, 0.4) is 0 Å². The predicted molar refractivity (Wildman–Crippen MR) is 180 cm³/mol. The van der Waals surface area contributed by atoms with E-state index in [2.05, 4.69) is 15.6 Å². The molecule has 264 valence electrons. The third-order valence-corrected chi connectivity index (χ3v) is 9.42. The van der Waals surface area contributed by atoms with E-state index in [1.807, 2.05) is 6.92 Å². The molecule has 7 rings (SSSR count). The number of carbonyl (C=O) groups excluding carboxylic acids is 3. The number of alkyl halides is 3. The van der Waals surface area contributed by atoms with Crippen LogP contribution in [0.2, 0.25) is 0 Å². The Labute approximate surface area is 287 Å². The topological polar surface area (TPSA) is 110 Å². The maximum atomic E-state index is 15.3. The highest BCUT2D eigenvalue weighted by Crippen LogP contribution is 2.49. The Hall–Kier alpha value is -5.41. The van der Waals surface area contributed by atoms with Gasteiger partial charge in [-0.05, 0) is 32.0 Å². The number of anilines is 2. The molecular formula is C36H31F5N6O4. The minimum absolute atomic E-state index is 0.0310. The number of aryl methyl sites for hydroxylation is 2. The van der Waals surface area contributed by atoms with Gasteiger partial charge < -0.3 is 29.4 Å². The van der Waals surface area contributed by atoms with E-state index in [9.17, 15) is 27.6 Å². The fraction of sp³-hybridized carbons (Fsp3) is 0.278. The summed E-state index contributed by atoms with van der Waals surface area (Å²) < 4.78 is 83.1. The number of imidazole rings is 1. The van der Waals surface area contributed by atoms with Gasteiger partial charge in [0.2, 0.25) is 11.8 Å². The van der Waals surface area contributed by atoms with E-state index in [0.29, 0.717) is 25.6 Å². The number of carbonyl (C=O) groups is 3. The largest absolute Gasteiger partial charge is 0.417 e. The van der Waals surface area contributed by atoms with Crippen molar-refractivity contribution in [2.75, 3.05) is 37.0 Å². The zero-order valence-corrected chi connectivity index (χ0v) is 27.8. The average molecular weight is 707 g/mol. The number of likely N-dealkylation sites (N-methyl/N-ethyl adjacent to an activating group) is 1. The van der Waals surface area contributed by atoms with Gasteiger partial charge in [0.15, 0.2) is 5.78 Å². The summed E-state index contributed by atoms with van der Waals surface area (Å²) in [6.07, 6.45) is -0.939. The lowest BCUT2D eigenvalue weighted by molar-refractivity contribution is -0.137. The molecule has 0 bridgehead atoms. The van der Waals surface area contributed by atoms with Crippen molar-refractivity contribution in [1.82, 2.24) is 19.4 Å². The summed E-state index contributed by atoms with van der Waals surface area (Å²) >= 11 is 0. The van der Waals surface area contributed by atoms with Gasteiger partial charge >= 0.3 is 6.18 Å². The quantitative estimate of drug-likeness (QED) is 0.124. The van der Waals surface area contributed by atoms with E-state index in [1.165, 1.54) is 46.7 Å². The van der Waals surface area contributed by atoms with Crippen LogP contribution < -0.4 is 15.5 Å². The molecule has 0 unspecified atom stereocenters. The van der Waals surface area contributed by atoms with Crippen molar-refractivity contribution < 1.29 is 41.1 Å². The third-order valence-electron chi connectivity index (χ3n) is 9.42. The SMILES string of the molecule is Cc1nc2c3c(c(C(F)(F)F)cc2n1C)-c1cccc2c(C(=O)c4cc(F)c(NC(=O)/C=C/CNC5(C)COC5)c(F)c4)cn(c12)CC(=O)N3C. The number of aromatic nitrogens is 3. The van der Waals surface area contributed by atoms with Crippen LogP contribution in [-0.4, -0.2) is 64.1 Å². The van der Waals surface area contributed by atoms with E-state index >= 15 is 8.78 Å². The highest BCUT2D eigenvalue weighted by Gasteiger charge is 2.40. The van der Waals surface area contributed by atoms with Crippen LogP contribution in [-0.2, 0) is 34.1 Å². The van der Waals surface area contributed by atoms with Crippen molar-refractivity contribution in [2.24, 2.45) is 7.05 Å². The number of hydrogen-bond donors (Lipinski definition) is 2. The van der Waals surface area contributed by atoms with Crippen molar-refractivity contribution in [3.8, 4) is 11.1 Å². The van der Waals surface area contributed by atoms with Crippen LogP contribution in [0.4, 0.5) is 33.3 Å². The summed E-state index contributed by atoms with van der Waals surface area (Å²) in [5.74, 6) is -4.22. The first-order valence-corrected chi connectivity index (χ1v) is 15.9. The van der Waals surface area contributed by atoms with Crippen LogP contribution in [0.1, 0.15) is 34.2 Å². The number of hydrogen-bond acceptors (Lipinski definition) is 6. The van der Waals surface area contributed by atoms with Crippen molar-refractivity contribution in [3.05, 3.63) is 88.9 Å². The van der Waals surface area contributed by atoms with Crippen molar-refractivity contribution in [2.45, 2.75) is 32.1 Å². The first kappa shape index (κ1) is 34.1. The van der Waals surface area contributed by atoms with Crippen LogP contribution in [0.5, 0.6) is 0 Å². The van der Waals surface area contributed by atoms with E-state index in [0.717, 1.165) is 29.2 Å². The molecule has 0 atom stereocenters. The Bertz CT molecular complexity index is 2310. The van der Waals surface area contributed by atoms with Crippen LogP contribution in [0.15, 0.2) is 54.7 Å². The van der Waals surface area contributed by atoms with Gasteiger partial charge in [-0.25, -0.2) is 13.8 Å². The molecule has 0 radical (unpaired) electrons. The monoisotopic (exact) mass is 706 g/mol. The molecule has 0 spiro atoms. The maximum absolute atomic E-state index is 15.3. The molecule has 51 heavy (non-hydrogen) atoms. The smallest absolute Gasteiger partial charge is 0.377 e. The molecule has 2 amide bonds. The van der Waals surface area contributed by atoms with Gasteiger partial charge in [-0.2, -0.15) is 13.2 Å². The van der Waals surface area contributed by atoms with Gasteiger partial charge in [-0.15, -0.1) is 0 Å². The molecule has 0 aliphatic carbocycles. The number of rotatable bonds is 7. The average Bonchev–Trinajstić information content (AvgIpc) is 3.57. The fourth-order valence-electron chi connectivity index (χ4n) is 6.61. The highest BCUT2D eigenvalue weighted by atomic mass is 19.4. The second-order valence-corrected chi connectivity index (χ2v) is 13.0. The van der Waals surface area contributed by atoms with Crippen molar-refractivity contribution in [1.29, 1.82) is 0 Å². The number of para-hydroxylation sites is 1. The molecule has 2 N–H and O–H groups in total. The summed E-state index contributed by atoms with van der Waals surface area (Å²) in [6.45, 7) is 4.60. The Morgan fingerprint density at radius 3 is 2.45 bits per heavy atom. The van der Waals surface area contributed by atoms with Gasteiger partial charge in [0.25, 0.3) is 0 Å². The second-order valence-electron chi connectivity index (χ2n) is 13.0. The van der Waals surface area contributed by atoms with Gasteiger partial charge in [0, 0.05) is 60.6 Å². The Balaban J connectivity index is 1.29. The molecule has 2 aliphatic rings. The van der Waals surface area contributed by atoms with Crippen LogP contribution in [0.25, 0.3) is 33.1 Å². The van der Waals surface area contributed by atoms with Gasteiger partial charge in [0.05, 0.1) is 41.0 Å². The summed E-state index contributed by atoms with van der Waals surface area (Å²) in [7, 11) is 2.95. The third kappa shape index (κ3) is 5.75. The van der Waals surface area contributed by atoms with Gasteiger partial charge in [0.1, 0.15) is 35.2 Å². The lowest BCUT2D eigenvalue weighted by Gasteiger charge is -2.38. The molecular weight excluding hydrogens is 675 g/mol. The number of nitrogens with zero attached hydrogens (tertiary/aromatic N) is 4. The first-order valence-electron chi connectivity index (χ1n) is 15.9. The molecule has 10 nitrogen and oxygen atoms in total. The minimum Gasteiger partial charge on any atom is -0.377 e. The summed E-state index contributed by atoms with van der Waals surface area (Å²) in [5.41, 5.74) is -2.17. The van der Waals surface area contributed by atoms with Crippen LogP contribution >= 0.6 is 0 Å². The van der Waals surface area contributed by atoms with Gasteiger partial charge in [-0.1, -0.05) is 24.3 Å². The molecule has 2 aromatic heterocycles. The van der Waals surface area contributed by atoms with E-state index in [-0.39, 0.29) is 56.4 Å². The molecule has 1 fully saturated rings. The minimum atomic E-state index is -4.85. The molecule has 4 heterocycles. The summed E-state index contributed by atoms with van der Waals surface area (Å²) in [4.78, 5) is 45.6. The number of halogens is 5. The number of fused-ring (bicyclic) bond motifs is 4. The normalized spacial score (nSPS) is 15.6. The van der Waals surface area contributed by atoms with E-state index in [1.54, 1.807) is 14.0 Å². The highest BCUT2D eigenvalue weighted by molar-refractivity contribution is 6.20. The van der Waals surface area contributed by atoms with E-state index in [4.69, 9.17) is 4.74 Å². The Morgan fingerprint density at radius 1 is 1.10 bits per heavy atom. The summed E-state index contributed by atoms with van der Waals surface area (Å²) in [6, 6.07) is 6.97. The summed E-state index contributed by atoms with van der Waals surface area (Å²) in [5, 5.41) is 5.50. The second kappa shape index (κ2) is 12.1. The van der Waals surface area contributed by atoms with E-state index < -0.39 is 52.2 Å². The zero-order valence-electron chi connectivity index (χ0n) is 27.8.